The van der Waals surface area contributed by atoms with E-state index in [9.17, 15) is 27.9 Å². The molecule has 126 valence electrons. The van der Waals surface area contributed by atoms with E-state index in [0.717, 1.165) is 18.2 Å². The monoisotopic (exact) mass is 358 g/mol. The van der Waals surface area contributed by atoms with Crippen molar-refractivity contribution in [2.24, 2.45) is 0 Å². The maximum Gasteiger partial charge on any atom is 0.417 e. The third-order valence-electron chi connectivity index (χ3n) is 3.46. The Balaban J connectivity index is 2.87. The Kier molecular flexibility index (Phi) is 4.57. The normalized spacial score (nSPS) is 11.4. The Morgan fingerprint density at radius 1 is 1.00 bits per heavy atom. The Labute approximate surface area is 139 Å². The van der Waals surface area contributed by atoms with E-state index in [-0.39, 0.29) is 27.3 Å². The van der Waals surface area contributed by atoms with Gasteiger partial charge < -0.3 is 10.2 Å². The molecule has 24 heavy (non-hydrogen) atoms. The second kappa shape index (κ2) is 6.16. The quantitative estimate of drug-likeness (QED) is 0.831. The number of alkyl halides is 3. The van der Waals surface area contributed by atoms with Gasteiger partial charge in [0, 0.05) is 5.02 Å². The smallest absolute Gasteiger partial charge is 0.417 e. The summed E-state index contributed by atoms with van der Waals surface area (Å²) in [6, 6.07) is 4.95. The van der Waals surface area contributed by atoms with E-state index < -0.39 is 29.2 Å². The molecule has 0 aromatic heterocycles. The number of rotatable bonds is 3. The SMILES string of the molecule is Cc1c(C(=O)O)cc(C(=O)O)cc1-c1ccc(Cl)cc1C(F)(F)F. The zero-order chi connectivity index (χ0) is 18.2. The summed E-state index contributed by atoms with van der Waals surface area (Å²) >= 11 is 5.63. The highest BCUT2D eigenvalue weighted by molar-refractivity contribution is 6.30. The van der Waals surface area contributed by atoms with E-state index in [1.165, 1.54) is 13.0 Å². The van der Waals surface area contributed by atoms with Crippen molar-refractivity contribution in [2.75, 3.05) is 0 Å². The van der Waals surface area contributed by atoms with E-state index in [2.05, 4.69) is 0 Å². The van der Waals surface area contributed by atoms with Crippen LogP contribution in [-0.2, 0) is 6.18 Å². The minimum atomic E-state index is -4.74. The van der Waals surface area contributed by atoms with Crippen molar-refractivity contribution in [3.63, 3.8) is 0 Å². The first-order chi connectivity index (χ1) is 11.0. The summed E-state index contributed by atoms with van der Waals surface area (Å²) in [4.78, 5) is 22.5. The molecule has 0 bridgehead atoms. The van der Waals surface area contributed by atoms with Crippen LogP contribution in [0.15, 0.2) is 30.3 Å². The Morgan fingerprint density at radius 3 is 2.12 bits per heavy atom. The first-order valence-corrected chi connectivity index (χ1v) is 6.88. The third kappa shape index (κ3) is 3.35. The van der Waals surface area contributed by atoms with Gasteiger partial charge >= 0.3 is 18.1 Å². The van der Waals surface area contributed by atoms with Crippen molar-refractivity contribution in [3.05, 3.63) is 57.6 Å². The molecule has 0 radical (unpaired) electrons. The topological polar surface area (TPSA) is 74.6 Å². The van der Waals surface area contributed by atoms with E-state index in [0.29, 0.717) is 6.07 Å². The molecule has 0 aliphatic rings. The lowest BCUT2D eigenvalue weighted by Gasteiger charge is -2.17. The maximum atomic E-state index is 13.3. The molecule has 0 saturated heterocycles. The lowest BCUT2D eigenvalue weighted by molar-refractivity contribution is -0.137. The van der Waals surface area contributed by atoms with Crippen LogP contribution in [0.5, 0.6) is 0 Å². The first-order valence-electron chi connectivity index (χ1n) is 6.50. The zero-order valence-electron chi connectivity index (χ0n) is 12.1. The van der Waals surface area contributed by atoms with Crippen molar-refractivity contribution in [1.82, 2.24) is 0 Å². The molecular weight excluding hydrogens is 349 g/mol. The predicted octanol–water partition coefficient (Wildman–Crippen LogP) is 4.73. The van der Waals surface area contributed by atoms with Crippen LogP contribution in [0.25, 0.3) is 11.1 Å². The maximum absolute atomic E-state index is 13.3. The molecule has 0 heterocycles. The molecule has 2 aromatic rings. The van der Waals surface area contributed by atoms with Gasteiger partial charge in [0.25, 0.3) is 0 Å². The average molecular weight is 359 g/mol. The van der Waals surface area contributed by atoms with Gasteiger partial charge in [0.2, 0.25) is 0 Å². The molecule has 0 unspecified atom stereocenters. The molecule has 0 aliphatic heterocycles. The summed E-state index contributed by atoms with van der Waals surface area (Å²) in [6.07, 6.45) is -4.74. The second-order valence-corrected chi connectivity index (χ2v) is 5.43. The van der Waals surface area contributed by atoms with E-state index in [1.54, 1.807) is 0 Å². The van der Waals surface area contributed by atoms with Crippen molar-refractivity contribution >= 4 is 23.5 Å². The van der Waals surface area contributed by atoms with Gasteiger partial charge in [-0.25, -0.2) is 9.59 Å². The van der Waals surface area contributed by atoms with Crippen LogP contribution in [0, 0.1) is 6.92 Å². The van der Waals surface area contributed by atoms with Crippen LogP contribution in [0.3, 0.4) is 0 Å². The Bertz CT molecular complexity index is 844. The molecule has 0 saturated carbocycles. The molecule has 0 amide bonds. The summed E-state index contributed by atoms with van der Waals surface area (Å²) in [5.41, 5.74) is -2.31. The molecule has 0 aliphatic carbocycles. The number of carbonyl (C=O) groups is 2. The standard InChI is InChI=1S/C16H10ClF3O4/c1-7-11(4-8(14(21)22)5-12(7)15(23)24)10-3-2-9(17)6-13(10)16(18,19)20/h2-6H,1H3,(H,21,22)(H,23,24). The molecule has 2 rings (SSSR count). The van der Waals surface area contributed by atoms with Gasteiger partial charge in [0.05, 0.1) is 16.7 Å². The van der Waals surface area contributed by atoms with Crippen molar-refractivity contribution in [2.45, 2.75) is 13.1 Å². The molecule has 8 heteroatoms. The third-order valence-corrected chi connectivity index (χ3v) is 3.70. The number of carboxylic acids is 2. The summed E-state index contributed by atoms with van der Waals surface area (Å²) in [7, 11) is 0. The highest BCUT2D eigenvalue weighted by Gasteiger charge is 2.34. The molecule has 0 spiro atoms. The number of benzene rings is 2. The van der Waals surface area contributed by atoms with Crippen LogP contribution in [0.1, 0.15) is 31.8 Å². The van der Waals surface area contributed by atoms with E-state index >= 15 is 0 Å². The van der Waals surface area contributed by atoms with E-state index in [1.807, 2.05) is 0 Å². The fourth-order valence-electron chi connectivity index (χ4n) is 2.33. The summed E-state index contributed by atoms with van der Waals surface area (Å²) < 4.78 is 39.8. The number of hydrogen-bond acceptors (Lipinski definition) is 2. The highest BCUT2D eigenvalue weighted by atomic mass is 35.5. The molecular formula is C16H10ClF3O4. The number of carboxylic acid groups (broad SMARTS) is 2. The van der Waals surface area contributed by atoms with Gasteiger partial charge in [0.1, 0.15) is 0 Å². The molecule has 2 N–H and O–H groups in total. The Hall–Kier alpha value is -2.54. The predicted molar refractivity (Wildman–Crippen MR) is 80.5 cm³/mol. The van der Waals surface area contributed by atoms with Gasteiger partial charge in [-0.3, -0.25) is 0 Å². The largest absolute Gasteiger partial charge is 0.478 e. The fraction of sp³-hybridized carbons (Fsp3) is 0.125. The van der Waals surface area contributed by atoms with Crippen molar-refractivity contribution < 1.29 is 33.0 Å². The minimum absolute atomic E-state index is 0.0281. The fourth-order valence-corrected chi connectivity index (χ4v) is 2.50. The van der Waals surface area contributed by atoms with Gasteiger partial charge in [-0.05, 0) is 47.9 Å². The minimum Gasteiger partial charge on any atom is -0.478 e. The number of halogens is 4. The molecule has 0 atom stereocenters. The number of aromatic carboxylic acids is 2. The van der Waals surface area contributed by atoms with Gasteiger partial charge in [0.15, 0.2) is 0 Å². The van der Waals surface area contributed by atoms with Gasteiger partial charge in [-0.1, -0.05) is 17.7 Å². The van der Waals surface area contributed by atoms with Gasteiger partial charge in [-0.2, -0.15) is 13.2 Å². The highest BCUT2D eigenvalue weighted by Crippen LogP contribution is 2.40. The summed E-state index contributed by atoms with van der Waals surface area (Å²) in [6.45, 7) is 1.32. The number of hydrogen-bond donors (Lipinski definition) is 2. The zero-order valence-corrected chi connectivity index (χ0v) is 12.9. The van der Waals surface area contributed by atoms with E-state index in [4.69, 9.17) is 16.7 Å². The summed E-state index contributed by atoms with van der Waals surface area (Å²) in [5, 5.41) is 18.1. The molecule has 2 aromatic carbocycles. The lowest BCUT2D eigenvalue weighted by Crippen LogP contribution is -2.10. The lowest BCUT2D eigenvalue weighted by atomic mass is 9.91. The van der Waals surface area contributed by atoms with Gasteiger partial charge in [-0.15, -0.1) is 0 Å². The molecule has 4 nitrogen and oxygen atoms in total. The first kappa shape index (κ1) is 17.8. The van der Waals surface area contributed by atoms with Crippen LogP contribution in [-0.4, -0.2) is 22.2 Å². The van der Waals surface area contributed by atoms with Crippen LogP contribution in [0.2, 0.25) is 5.02 Å². The second-order valence-electron chi connectivity index (χ2n) is 4.99. The van der Waals surface area contributed by atoms with Crippen molar-refractivity contribution in [3.8, 4) is 11.1 Å². The van der Waals surface area contributed by atoms with Crippen molar-refractivity contribution in [1.29, 1.82) is 0 Å². The van der Waals surface area contributed by atoms with Crippen LogP contribution < -0.4 is 0 Å². The Morgan fingerprint density at radius 2 is 1.62 bits per heavy atom. The molecule has 0 fully saturated rings. The van der Waals surface area contributed by atoms with Crippen LogP contribution in [0.4, 0.5) is 13.2 Å². The van der Waals surface area contributed by atoms with Crippen LogP contribution >= 0.6 is 11.6 Å². The average Bonchev–Trinajstić information content (AvgIpc) is 2.46. The summed E-state index contributed by atoms with van der Waals surface area (Å²) in [5.74, 6) is -2.87.